The molecule has 0 atom stereocenters. The van der Waals surface area contributed by atoms with Gasteiger partial charge in [-0.15, -0.1) is 0 Å². The Morgan fingerprint density at radius 3 is 2.71 bits per heavy atom. The number of aromatic carboxylic acids is 1. The molecule has 0 saturated carbocycles. The van der Waals surface area contributed by atoms with Crippen LogP contribution in [0.5, 0.6) is 5.75 Å². The Kier molecular flexibility index (Phi) is 4.17. The van der Waals surface area contributed by atoms with Crippen LogP contribution in [-0.4, -0.2) is 32.2 Å². The molecular weight excluding hydrogens is 278 g/mol. The van der Waals surface area contributed by atoms with E-state index in [0.29, 0.717) is 23.8 Å². The molecule has 0 aliphatic carbocycles. The molecule has 0 aliphatic heterocycles. The first-order valence-electron chi connectivity index (χ1n) is 6.11. The van der Waals surface area contributed by atoms with Gasteiger partial charge in [0.25, 0.3) is 0 Å². The van der Waals surface area contributed by atoms with Crippen LogP contribution < -0.4 is 5.32 Å². The van der Waals surface area contributed by atoms with E-state index >= 15 is 0 Å². The molecule has 110 valence electrons. The number of hydrogen-bond acceptors (Lipinski definition) is 6. The van der Waals surface area contributed by atoms with Crippen LogP contribution in [-0.2, 0) is 11.2 Å². The van der Waals surface area contributed by atoms with Gasteiger partial charge in [0, 0.05) is 24.6 Å². The molecule has 1 amide bonds. The molecule has 0 radical (unpaired) electrons. The van der Waals surface area contributed by atoms with Crippen molar-refractivity contribution in [2.45, 2.75) is 19.8 Å². The molecule has 21 heavy (non-hydrogen) atoms. The number of carbonyl (C=O) groups excluding carboxylic acids is 1. The topological polar surface area (TPSA) is 126 Å². The average molecular weight is 291 g/mol. The number of aromatic nitrogens is 2. The Morgan fingerprint density at radius 1 is 1.38 bits per heavy atom. The number of carbonyl (C=O) groups is 2. The normalized spacial score (nSPS) is 10.3. The van der Waals surface area contributed by atoms with Gasteiger partial charge in [-0.2, -0.15) is 4.98 Å². The average Bonchev–Trinajstić information content (AvgIpc) is 2.82. The van der Waals surface area contributed by atoms with Crippen LogP contribution in [0, 0.1) is 6.92 Å². The number of carboxylic acid groups (broad SMARTS) is 1. The van der Waals surface area contributed by atoms with E-state index in [-0.39, 0.29) is 17.9 Å². The van der Waals surface area contributed by atoms with Crippen molar-refractivity contribution >= 4 is 17.6 Å². The summed E-state index contributed by atoms with van der Waals surface area (Å²) < 4.78 is 4.88. The first-order valence-corrected chi connectivity index (χ1v) is 6.11. The van der Waals surface area contributed by atoms with Crippen molar-refractivity contribution in [2.24, 2.45) is 0 Å². The van der Waals surface area contributed by atoms with Crippen molar-refractivity contribution in [3.05, 3.63) is 35.5 Å². The molecule has 0 fully saturated rings. The van der Waals surface area contributed by atoms with Crippen LogP contribution in [0.15, 0.2) is 22.7 Å². The second-order valence-electron chi connectivity index (χ2n) is 4.32. The monoisotopic (exact) mass is 291 g/mol. The molecule has 2 aromatic rings. The highest BCUT2D eigenvalue weighted by atomic mass is 16.5. The van der Waals surface area contributed by atoms with E-state index < -0.39 is 11.7 Å². The number of rotatable bonds is 5. The van der Waals surface area contributed by atoms with Gasteiger partial charge in [0.05, 0.1) is 0 Å². The SMILES string of the molecule is Cc1noc(CCC(=O)Nc2ccc(C(=O)O)c(O)c2)n1. The highest BCUT2D eigenvalue weighted by Crippen LogP contribution is 2.22. The largest absolute Gasteiger partial charge is 0.507 e. The first kappa shape index (κ1) is 14.5. The summed E-state index contributed by atoms with van der Waals surface area (Å²) in [6.07, 6.45) is 0.426. The quantitative estimate of drug-likeness (QED) is 0.759. The van der Waals surface area contributed by atoms with Crippen LogP contribution >= 0.6 is 0 Å². The molecule has 0 bridgehead atoms. The third-order valence-corrected chi connectivity index (χ3v) is 2.65. The number of benzene rings is 1. The number of anilines is 1. The van der Waals surface area contributed by atoms with Crippen molar-refractivity contribution in [1.29, 1.82) is 0 Å². The highest BCUT2D eigenvalue weighted by Gasteiger charge is 2.12. The predicted octanol–water partition coefficient (Wildman–Crippen LogP) is 1.35. The minimum Gasteiger partial charge on any atom is -0.507 e. The molecule has 1 heterocycles. The summed E-state index contributed by atoms with van der Waals surface area (Å²) in [5, 5.41) is 24.5. The van der Waals surface area contributed by atoms with Crippen molar-refractivity contribution in [2.75, 3.05) is 5.32 Å². The van der Waals surface area contributed by atoms with Gasteiger partial charge < -0.3 is 20.1 Å². The molecule has 0 spiro atoms. The molecular formula is C13H13N3O5. The van der Waals surface area contributed by atoms with Crippen LogP contribution in [0.2, 0.25) is 0 Å². The number of aryl methyl sites for hydroxylation is 2. The van der Waals surface area contributed by atoms with E-state index in [9.17, 15) is 14.7 Å². The van der Waals surface area contributed by atoms with Crippen molar-refractivity contribution < 1.29 is 24.3 Å². The lowest BCUT2D eigenvalue weighted by molar-refractivity contribution is -0.116. The minimum atomic E-state index is -1.24. The van der Waals surface area contributed by atoms with Crippen LogP contribution in [0.25, 0.3) is 0 Å². The lowest BCUT2D eigenvalue weighted by atomic mass is 10.2. The lowest BCUT2D eigenvalue weighted by Gasteiger charge is -2.06. The first-order chi connectivity index (χ1) is 9.95. The summed E-state index contributed by atoms with van der Waals surface area (Å²) in [5.41, 5.74) is 0.0820. The molecule has 8 heteroatoms. The molecule has 0 saturated heterocycles. The maximum absolute atomic E-state index is 11.7. The van der Waals surface area contributed by atoms with Gasteiger partial charge in [0.15, 0.2) is 5.82 Å². The van der Waals surface area contributed by atoms with E-state index in [1.54, 1.807) is 6.92 Å². The van der Waals surface area contributed by atoms with Gasteiger partial charge in [0.2, 0.25) is 11.8 Å². The fourth-order valence-electron chi connectivity index (χ4n) is 1.68. The standard InChI is InChI=1S/C13H13N3O5/c1-7-14-12(21-16-7)5-4-11(18)15-8-2-3-9(13(19)20)10(17)6-8/h2-3,6,17H,4-5H2,1H3,(H,15,18)(H,19,20). The number of nitrogens with one attached hydrogen (secondary N) is 1. The Morgan fingerprint density at radius 2 is 2.14 bits per heavy atom. The lowest BCUT2D eigenvalue weighted by Crippen LogP contribution is -2.12. The zero-order valence-corrected chi connectivity index (χ0v) is 11.2. The van der Waals surface area contributed by atoms with Crippen molar-refractivity contribution in [3.63, 3.8) is 0 Å². The number of carboxylic acids is 1. The fourth-order valence-corrected chi connectivity index (χ4v) is 1.68. The summed E-state index contributed by atoms with van der Waals surface area (Å²) in [7, 11) is 0. The van der Waals surface area contributed by atoms with Crippen LogP contribution in [0.3, 0.4) is 0 Å². The molecule has 1 aromatic carbocycles. The number of amides is 1. The van der Waals surface area contributed by atoms with Gasteiger partial charge in [-0.25, -0.2) is 4.79 Å². The third kappa shape index (κ3) is 3.78. The van der Waals surface area contributed by atoms with Gasteiger partial charge in [-0.05, 0) is 19.1 Å². The van der Waals surface area contributed by atoms with E-state index in [1.165, 1.54) is 18.2 Å². The number of hydrogen-bond donors (Lipinski definition) is 3. The Balaban J connectivity index is 1.93. The molecule has 0 unspecified atom stereocenters. The smallest absolute Gasteiger partial charge is 0.339 e. The Bertz CT molecular complexity index is 680. The second kappa shape index (κ2) is 6.04. The minimum absolute atomic E-state index is 0.128. The second-order valence-corrected chi connectivity index (χ2v) is 4.32. The van der Waals surface area contributed by atoms with E-state index in [1.807, 2.05) is 0 Å². The van der Waals surface area contributed by atoms with E-state index in [0.717, 1.165) is 0 Å². The van der Waals surface area contributed by atoms with Gasteiger partial charge in [-0.1, -0.05) is 5.16 Å². The van der Waals surface area contributed by atoms with E-state index in [2.05, 4.69) is 15.5 Å². The van der Waals surface area contributed by atoms with Crippen LogP contribution in [0.1, 0.15) is 28.5 Å². The summed E-state index contributed by atoms with van der Waals surface area (Å²) >= 11 is 0. The zero-order valence-electron chi connectivity index (χ0n) is 11.2. The Labute approximate surface area is 119 Å². The van der Waals surface area contributed by atoms with Gasteiger partial charge >= 0.3 is 5.97 Å². The maximum Gasteiger partial charge on any atom is 0.339 e. The Hall–Kier alpha value is -2.90. The van der Waals surface area contributed by atoms with Crippen molar-refractivity contribution in [3.8, 4) is 5.75 Å². The van der Waals surface area contributed by atoms with Gasteiger partial charge in [-0.3, -0.25) is 4.79 Å². The molecule has 3 N–H and O–H groups in total. The zero-order chi connectivity index (χ0) is 15.4. The maximum atomic E-state index is 11.7. The molecule has 0 aliphatic rings. The highest BCUT2D eigenvalue weighted by molar-refractivity contribution is 5.94. The third-order valence-electron chi connectivity index (χ3n) is 2.65. The summed E-state index contributed by atoms with van der Waals surface area (Å²) in [5.74, 6) is -1.09. The number of aromatic hydroxyl groups is 1. The fraction of sp³-hybridized carbons (Fsp3) is 0.231. The summed E-state index contributed by atoms with van der Waals surface area (Å²) in [4.78, 5) is 26.4. The molecule has 1 aromatic heterocycles. The summed E-state index contributed by atoms with van der Waals surface area (Å²) in [6, 6.07) is 3.80. The molecule has 8 nitrogen and oxygen atoms in total. The number of phenols is 1. The molecule has 2 rings (SSSR count). The van der Waals surface area contributed by atoms with Crippen LogP contribution in [0.4, 0.5) is 5.69 Å². The summed E-state index contributed by atoms with van der Waals surface area (Å²) in [6.45, 7) is 1.68. The predicted molar refractivity (Wildman–Crippen MR) is 71.1 cm³/mol. The van der Waals surface area contributed by atoms with E-state index in [4.69, 9.17) is 9.63 Å². The number of nitrogens with zero attached hydrogens (tertiary/aromatic N) is 2. The van der Waals surface area contributed by atoms with Gasteiger partial charge in [0.1, 0.15) is 11.3 Å². The van der Waals surface area contributed by atoms with Crippen molar-refractivity contribution in [1.82, 2.24) is 10.1 Å².